The number of carboxylic acids is 1. The largest absolute Gasteiger partial charge is 0.493 e. The zero-order valence-electron chi connectivity index (χ0n) is 22.2. The molecule has 1 aliphatic rings. The highest BCUT2D eigenvalue weighted by atomic mass is 19.4. The Balaban J connectivity index is 0.000000708. The second-order valence-electron chi connectivity index (χ2n) is 8.45. The number of carbonyl (C=O) groups is 3. The summed E-state index contributed by atoms with van der Waals surface area (Å²) in [5.74, 6) is -2.30. The summed E-state index contributed by atoms with van der Waals surface area (Å²) in [6, 6.07) is 9.12. The van der Waals surface area contributed by atoms with E-state index in [9.17, 15) is 27.2 Å². The number of hydrogen-bond donors (Lipinski definition) is 2. The molecule has 2 aromatic carbocycles. The second kappa shape index (κ2) is 14.9. The number of alkyl halides is 3. The van der Waals surface area contributed by atoms with Crippen molar-refractivity contribution in [3.8, 4) is 17.2 Å². The standard InChI is InChI=1S/C24H30FN3O5.C2HF3O2/c1-31-20-14-18(15-21(32-2)23(20)33-3)24(30)28(16-17-4-6-19(25)7-5-17)11-8-22(29)27-12-9-26-10-13-27;3-2(4,5)1(6)7/h4-7,14-15,26H,8-13,16H2,1-3H3;(H,6,7). The van der Waals surface area contributed by atoms with E-state index < -0.39 is 12.1 Å². The summed E-state index contributed by atoms with van der Waals surface area (Å²) in [7, 11) is 4.45. The molecule has 0 aliphatic carbocycles. The third-order valence-corrected chi connectivity index (χ3v) is 5.79. The highest BCUT2D eigenvalue weighted by Gasteiger charge is 2.38. The summed E-state index contributed by atoms with van der Waals surface area (Å²) in [6.07, 6.45) is -4.89. The van der Waals surface area contributed by atoms with Crippen molar-refractivity contribution in [3.05, 3.63) is 53.3 Å². The van der Waals surface area contributed by atoms with Crippen molar-refractivity contribution in [2.75, 3.05) is 54.1 Å². The van der Waals surface area contributed by atoms with Gasteiger partial charge in [0.25, 0.3) is 5.91 Å². The van der Waals surface area contributed by atoms with E-state index in [0.717, 1.165) is 18.7 Å². The number of carbonyl (C=O) groups excluding carboxylic acids is 2. The van der Waals surface area contributed by atoms with Crippen molar-refractivity contribution in [2.45, 2.75) is 19.1 Å². The molecule has 1 heterocycles. The Kier molecular flexibility index (Phi) is 12.0. The number of benzene rings is 2. The number of aliphatic carboxylic acids is 1. The van der Waals surface area contributed by atoms with Gasteiger partial charge in [-0.15, -0.1) is 0 Å². The molecule has 3 rings (SSSR count). The van der Waals surface area contributed by atoms with Crippen LogP contribution in [0.5, 0.6) is 17.2 Å². The fourth-order valence-corrected chi connectivity index (χ4v) is 3.75. The van der Waals surface area contributed by atoms with E-state index in [-0.39, 0.29) is 37.1 Å². The Labute approximate surface area is 228 Å². The van der Waals surface area contributed by atoms with Crippen LogP contribution in [0.1, 0.15) is 22.3 Å². The average molecular weight is 574 g/mol. The number of rotatable bonds is 9. The number of hydrogen-bond acceptors (Lipinski definition) is 7. The second-order valence-corrected chi connectivity index (χ2v) is 8.45. The topological polar surface area (TPSA) is 118 Å². The summed E-state index contributed by atoms with van der Waals surface area (Å²) >= 11 is 0. The molecule has 2 amide bonds. The predicted octanol–water partition coefficient (Wildman–Crippen LogP) is 2.95. The first-order chi connectivity index (χ1) is 18.9. The molecule has 10 nitrogen and oxygen atoms in total. The number of carboxylic acid groups (broad SMARTS) is 1. The summed E-state index contributed by atoms with van der Waals surface area (Å²) in [5, 5.41) is 10.3. The van der Waals surface area contributed by atoms with Crippen LogP contribution in [-0.4, -0.2) is 92.9 Å². The van der Waals surface area contributed by atoms with Gasteiger partial charge in [-0.3, -0.25) is 9.59 Å². The Morgan fingerprint density at radius 3 is 1.95 bits per heavy atom. The minimum atomic E-state index is -5.08. The molecule has 40 heavy (non-hydrogen) atoms. The lowest BCUT2D eigenvalue weighted by molar-refractivity contribution is -0.192. The van der Waals surface area contributed by atoms with E-state index >= 15 is 0 Å². The molecule has 0 bridgehead atoms. The van der Waals surface area contributed by atoms with Gasteiger partial charge in [0.05, 0.1) is 21.3 Å². The van der Waals surface area contributed by atoms with Gasteiger partial charge in [-0.25, -0.2) is 9.18 Å². The zero-order valence-corrected chi connectivity index (χ0v) is 22.2. The van der Waals surface area contributed by atoms with Gasteiger partial charge in [-0.2, -0.15) is 13.2 Å². The SMILES string of the molecule is COc1cc(C(=O)N(CCC(=O)N2CCNCC2)Cc2ccc(F)cc2)cc(OC)c1OC.O=C(O)C(F)(F)F. The van der Waals surface area contributed by atoms with Gasteiger partial charge in [0, 0.05) is 51.3 Å². The van der Waals surface area contributed by atoms with E-state index in [2.05, 4.69) is 5.32 Å². The van der Waals surface area contributed by atoms with Crippen LogP contribution >= 0.6 is 0 Å². The highest BCUT2D eigenvalue weighted by Crippen LogP contribution is 2.38. The fourth-order valence-electron chi connectivity index (χ4n) is 3.75. The maximum absolute atomic E-state index is 13.5. The number of ether oxygens (including phenoxy) is 3. The van der Waals surface area contributed by atoms with Crippen LogP contribution in [-0.2, 0) is 16.1 Å². The zero-order chi connectivity index (χ0) is 29.9. The van der Waals surface area contributed by atoms with E-state index in [0.29, 0.717) is 35.9 Å². The van der Waals surface area contributed by atoms with Crippen LogP contribution in [0.3, 0.4) is 0 Å². The van der Waals surface area contributed by atoms with Crippen LogP contribution < -0.4 is 19.5 Å². The maximum Gasteiger partial charge on any atom is 0.490 e. The molecule has 2 N–H and O–H groups in total. The third-order valence-electron chi connectivity index (χ3n) is 5.79. The van der Waals surface area contributed by atoms with Crippen LogP contribution in [0.25, 0.3) is 0 Å². The summed E-state index contributed by atoms with van der Waals surface area (Å²) in [6.45, 7) is 3.26. The van der Waals surface area contributed by atoms with Crippen LogP contribution in [0.2, 0.25) is 0 Å². The van der Waals surface area contributed by atoms with Gasteiger partial charge in [0.1, 0.15) is 5.82 Å². The number of piperazine rings is 1. The van der Waals surface area contributed by atoms with E-state index in [1.807, 2.05) is 0 Å². The molecule has 14 heteroatoms. The lowest BCUT2D eigenvalue weighted by Crippen LogP contribution is -2.47. The van der Waals surface area contributed by atoms with Crippen LogP contribution in [0.4, 0.5) is 17.6 Å². The van der Waals surface area contributed by atoms with Gasteiger partial charge in [-0.05, 0) is 29.8 Å². The van der Waals surface area contributed by atoms with Crippen molar-refractivity contribution < 1.29 is 51.3 Å². The van der Waals surface area contributed by atoms with E-state index in [4.69, 9.17) is 24.1 Å². The van der Waals surface area contributed by atoms with Gasteiger partial charge < -0.3 is 34.4 Å². The Hall–Kier alpha value is -4.07. The first kappa shape index (κ1) is 32.1. The molecular formula is C26H31F4N3O7. The first-order valence-corrected chi connectivity index (χ1v) is 12.0. The quantitative estimate of drug-likeness (QED) is 0.440. The van der Waals surface area contributed by atoms with Crippen molar-refractivity contribution in [2.24, 2.45) is 0 Å². The minimum absolute atomic E-state index is 0.00158. The number of nitrogens with zero attached hydrogens (tertiary/aromatic N) is 2. The van der Waals surface area contributed by atoms with E-state index in [1.165, 1.54) is 33.5 Å². The van der Waals surface area contributed by atoms with Gasteiger partial charge in [-0.1, -0.05) is 12.1 Å². The maximum atomic E-state index is 13.5. The minimum Gasteiger partial charge on any atom is -0.493 e. The van der Waals surface area contributed by atoms with E-state index in [1.54, 1.807) is 34.1 Å². The van der Waals surface area contributed by atoms with Crippen molar-refractivity contribution in [3.63, 3.8) is 0 Å². The Morgan fingerprint density at radius 2 is 1.50 bits per heavy atom. The molecule has 0 aromatic heterocycles. The summed E-state index contributed by atoms with van der Waals surface area (Å²) in [4.78, 5) is 38.5. The highest BCUT2D eigenvalue weighted by molar-refractivity contribution is 5.96. The van der Waals surface area contributed by atoms with Crippen molar-refractivity contribution in [1.82, 2.24) is 15.1 Å². The number of amides is 2. The molecule has 2 aromatic rings. The number of methoxy groups -OCH3 is 3. The van der Waals surface area contributed by atoms with Gasteiger partial charge in [0.2, 0.25) is 11.7 Å². The first-order valence-electron chi connectivity index (χ1n) is 12.0. The molecule has 1 saturated heterocycles. The van der Waals surface area contributed by atoms with Gasteiger partial charge >= 0.3 is 12.1 Å². The predicted molar refractivity (Wildman–Crippen MR) is 135 cm³/mol. The molecule has 220 valence electrons. The molecule has 1 aliphatic heterocycles. The number of nitrogens with one attached hydrogen (secondary N) is 1. The molecule has 1 fully saturated rings. The summed E-state index contributed by atoms with van der Waals surface area (Å²) in [5.41, 5.74) is 1.09. The smallest absolute Gasteiger partial charge is 0.490 e. The molecule has 0 radical (unpaired) electrons. The normalized spacial score (nSPS) is 13.0. The molecule has 0 unspecified atom stereocenters. The van der Waals surface area contributed by atoms with Gasteiger partial charge in [0.15, 0.2) is 11.5 Å². The average Bonchev–Trinajstić information content (AvgIpc) is 2.95. The lowest BCUT2D eigenvalue weighted by Gasteiger charge is -2.29. The molecular weight excluding hydrogens is 542 g/mol. The monoisotopic (exact) mass is 573 g/mol. The third kappa shape index (κ3) is 9.29. The Bertz CT molecular complexity index is 1130. The lowest BCUT2D eigenvalue weighted by atomic mass is 10.1. The van der Waals surface area contributed by atoms with Crippen molar-refractivity contribution in [1.29, 1.82) is 0 Å². The molecule has 0 saturated carbocycles. The van der Waals surface area contributed by atoms with Crippen LogP contribution in [0, 0.1) is 5.82 Å². The van der Waals surface area contributed by atoms with Crippen molar-refractivity contribution >= 4 is 17.8 Å². The summed E-state index contributed by atoms with van der Waals surface area (Å²) < 4.78 is 61.2. The molecule has 0 atom stereocenters. The fraction of sp³-hybridized carbons (Fsp3) is 0.423. The van der Waals surface area contributed by atoms with Crippen LogP contribution in [0.15, 0.2) is 36.4 Å². The number of halogens is 4. The molecule has 0 spiro atoms. The Morgan fingerprint density at radius 1 is 0.975 bits per heavy atom.